The molecule has 0 spiro atoms. The molecule has 25 heavy (non-hydrogen) atoms. The molecule has 0 unspecified atom stereocenters. The van der Waals surface area contributed by atoms with Gasteiger partial charge in [0.05, 0.1) is 7.11 Å². The summed E-state index contributed by atoms with van der Waals surface area (Å²) in [4.78, 5) is 36.0. The summed E-state index contributed by atoms with van der Waals surface area (Å²) in [5, 5.41) is 14.9. The Morgan fingerprint density at radius 1 is 1.12 bits per heavy atom. The van der Waals surface area contributed by atoms with Crippen molar-refractivity contribution in [2.24, 2.45) is 11.7 Å². The predicted octanol–water partition coefficient (Wildman–Crippen LogP) is 0.0734. The second kappa shape index (κ2) is 11.8. The van der Waals surface area contributed by atoms with Crippen molar-refractivity contribution in [3.63, 3.8) is 0 Å². The Hall–Kier alpha value is -1.67. The molecule has 0 aromatic carbocycles. The Bertz CT molecular complexity index is 442. The Balaban J connectivity index is 4.65. The first-order valence-corrected chi connectivity index (χ1v) is 8.76. The second-order valence-corrected chi connectivity index (χ2v) is 6.70. The Morgan fingerprint density at radius 2 is 1.72 bits per heavy atom. The summed E-state index contributed by atoms with van der Waals surface area (Å²) in [5.74, 6) is -1.60. The number of hydrogen-bond donors (Lipinski definition) is 4. The van der Waals surface area contributed by atoms with Crippen molar-refractivity contribution in [1.82, 2.24) is 10.6 Å². The standard InChI is InChI=1S/C17H33N3O5/c1-6-7-8-12(18)14(21)16(23)19-11(4)15(22)20-13(9-10(2)3)17(24)25-5/h10-14,21H,6-9,18H2,1-5H3,(H,19,23)(H,20,22)/t11-,12+,13-,14-/m0/s1. The van der Waals surface area contributed by atoms with E-state index in [1.54, 1.807) is 0 Å². The molecule has 0 heterocycles. The van der Waals surface area contributed by atoms with E-state index in [1.807, 2.05) is 20.8 Å². The van der Waals surface area contributed by atoms with Gasteiger partial charge in [-0.2, -0.15) is 0 Å². The normalized spacial score (nSPS) is 15.8. The van der Waals surface area contributed by atoms with E-state index < -0.39 is 42.0 Å². The highest BCUT2D eigenvalue weighted by Gasteiger charge is 2.28. The number of aliphatic hydroxyl groups excluding tert-OH is 1. The Labute approximate surface area is 149 Å². The van der Waals surface area contributed by atoms with Gasteiger partial charge in [-0.25, -0.2) is 4.79 Å². The fourth-order valence-corrected chi connectivity index (χ4v) is 2.28. The van der Waals surface area contributed by atoms with Crippen LogP contribution in [0.3, 0.4) is 0 Å². The lowest BCUT2D eigenvalue weighted by Crippen LogP contribution is -2.54. The van der Waals surface area contributed by atoms with Gasteiger partial charge in [0.25, 0.3) is 5.91 Å². The topological polar surface area (TPSA) is 131 Å². The lowest BCUT2D eigenvalue weighted by molar-refractivity contribution is -0.145. The van der Waals surface area contributed by atoms with E-state index in [4.69, 9.17) is 5.73 Å². The number of nitrogens with two attached hydrogens (primary N) is 1. The van der Waals surface area contributed by atoms with Crippen molar-refractivity contribution < 1.29 is 24.2 Å². The smallest absolute Gasteiger partial charge is 0.328 e. The monoisotopic (exact) mass is 359 g/mol. The van der Waals surface area contributed by atoms with Gasteiger partial charge in [-0.3, -0.25) is 9.59 Å². The molecule has 2 amide bonds. The molecule has 0 fully saturated rings. The van der Waals surface area contributed by atoms with E-state index in [0.29, 0.717) is 12.8 Å². The third-order valence-electron chi connectivity index (χ3n) is 3.83. The quantitative estimate of drug-likeness (QED) is 0.386. The Kier molecular flexibility index (Phi) is 11.0. The molecule has 0 aromatic heterocycles. The number of nitrogens with one attached hydrogen (secondary N) is 2. The minimum atomic E-state index is -1.38. The van der Waals surface area contributed by atoms with Crippen LogP contribution >= 0.6 is 0 Å². The molecule has 4 atom stereocenters. The van der Waals surface area contributed by atoms with Crippen LogP contribution in [0.1, 0.15) is 53.4 Å². The highest BCUT2D eigenvalue weighted by atomic mass is 16.5. The van der Waals surface area contributed by atoms with Crippen LogP contribution in [-0.2, 0) is 19.1 Å². The highest BCUT2D eigenvalue weighted by Crippen LogP contribution is 2.07. The fourth-order valence-electron chi connectivity index (χ4n) is 2.28. The molecule has 0 radical (unpaired) electrons. The number of carbonyl (C=O) groups is 3. The van der Waals surface area contributed by atoms with Gasteiger partial charge in [0, 0.05) is 6.04 Å². The summed E-state index contributed by atoms with van der Waals surface area (Å²) in [7, 11) is 1.25. The van der Waals surface area contributed by atoms with Crippen LogP contribution in [0.15, 0.2) is 0 Å². The molecule has 5 N–H and O–H groups in total. The molecule has 0 aromatic rings. The lowest BCUT2D eigenvalue weighted by Gasteiger charge is -2.23. The van der Waals surface area contributed by atoms with E-state index in [-0.39, 0.29) is 5.92 Å². The number of methoxy groups -OCH3 is 1. The molecule has 0 bridgehead atoms. The van der Waals surface area contributed by atoms with Gasteiger partial charge in [0.15, 0.2) is 0 Å². The van der Waals surface area contributed by atoms with Gasteiger partial charge in [0.1, 0.15) is 18.2 Å². The van der Waals surface area contributed by atoms with Crippen molar-refractivity contribution in [3.8, 4) is 0 Å². The van der Waals surface area contributed by atoms with E-state index in [1.165, 1.54) is 14.0 Å². The van der Waals surface area contributed by atoms with Crippen LogP contribution < -0.4 is 16.4 Å². The summed E-state index contributed by atoms with van der Waals surface area (Å²) in [5.41, 5.74) is 5.78. The van der Waals surface area contributed by atoms with E-state index >= 15 is 0 Å². The minimum Gasteiger partial charge on any atom is -0.467 e. The van der Waals surface area contributed by atoms with Crippen molar-refractivity contribution >= 4 is 17.8 Å². The number of unbranched alkanes of at least 4 members (excludes halogenated alkanes) is 1. The first-order chi connectivity index (χ1) is 11.6. The maximum absolute atomic E-state index is 12.2. The zero-order chi connectivity index (χ0) is 19.6. The molecular weight excluding hydrogens is 326 g/mol. The predicted molar refractivity (Wildman–Crippen MR) is 94.5 cm³/mol. The molecular formula is C17H33N3O5. The maximum Gasteiger partial charge on any atom is 0.328 e. The van der Waals surface area contributed by atoms with Gasteiger partial charge in [-0.15, -0.1) is 0 Å². The molecule has 8 heteroatoms. The van der Waals surface area contributed by atoms with E-state index in [9.17, 15) is 19.5 Å². The zero-order valence-electron chi connectivity index (χ0n) is 15.9. The number of hydrogen-bond acceptors (Lipinski definition) is 6. The summed E-state index contributed by atoms with van der Waals surface area (Å²) in [6.45, 7) is 7.30. The summed E-state index contributed by atoms with van der Waals surface area (Å²) in [6, 6.07) is -2.38. The second-order valence-electron chi connectivity index (χ2n) is 6.70. The molecule has 8 nitrogen and oxygen atoms in total. The molecule has 0 aliphatic heterocycles. The van der Waals surface area contributed by atoms with Crippen molar-refractivity contribution in [1.29, 1.82) is 0 Å². The number of aliphatic hydroxyl groups is 1. The molecule has 0 aliphatic rings. The van der Waals surface area contributed by atoms with Crippen molar-refractivity contribution in [2.45, 2.75) is 77.6 Å². The fraction of sp³-hybridized carbons (Fsp3) is 0.824. The van der Waals surface area contributed by atoms with Crippen LogP contribution in [0, 0.1) is 5.92 Å². The highest BCUT2D eigenvalue weighted by molar-refractivity contribution is 5.91. The van der Waals surface area contributed by atoms with Gasteiger partial charge in [0.2, 0.25) is 5.91 Å². The summed E-state index contributed by atoms with van der Waals surface area (Å²) < 4.78 is 4.68. The first kappa shape index (κ1) is 23.3. The van der Waals surface area contributed by atoms with Gasteiger partial charge >= 0.3 is 5.97 Å². The lowest BCUT2D eigenvalue weighted by atomic mass is 10.0. The van der Waals surface area contributed by atoms with Crippen molar-refractivity contribution in [2.75, 3.05) is 7.11 Å². The third-order valence-corrected chi connectivity index (χ3v) is 3.83. The number of rotatable bonds is 11. The van der Waals surface area contributed by atoms with Crippen LogP contribution in [0.4, 0.5) is 0 Å². The molecule has 0 saturated heterocycles. The number of esters is 1. The average Bonchev–Trinajstić information content (AvgIpc) is 2.56. The van der Waals surface area contributed by atoms with E-state index in [0.717, 1.165) is 12.8 Å². The minimum absolute atomic E-state index is 0.174. The van der Waals surface area contributed by atoms with Gasteiger partial charge in [-0.05, 0) is 25.7 Å². The molecule has 0 aliphatic carbocycles. The average molecular weight is 359 g/mol. The first-order valence-electron chi connectivity index (χ1n) is 8.76. The van der Waals surface area contributed by atoms with Crippen LogP contribution in [0.2, 0.25) is 0 Å². The van der Waals surface area contributed by atoms with Gasteiger partial charge in [-0.1, -0.05) is 33.6 Å². The summed E-state index contributed by atoms with van der Waals surface area (Å²) >= 11 is 0. The molecule has 0 saturated carbocycles. The largest absolute Gasteiger partial charge is 0.467 e. The van der Waals surface area contributed by atoms with Gasteiger partial charge < -0.3 is 26.2 Å². The van der Waals surface area contributed by atoms with Crippen LogP contribution in [0.5, 0.6) is 0 Å². The van der Waals surface area contributed by atoms with Crippen LogP contribution in [-0.4, -0.2) is 54.2 Å². The van der Waals surface area contributed by atoms with Crippen LogP contribution in [0.25, 0.3) is 0 Å². The maximum atomic E-state index is 12.2. The SMILES string of the molecule is CCCC[C@@H](N)[C@H](O)C(=O)N[C@@H](C)C(=O)N[C@@H](CC(C)C)C(=O)OC. The number of ether oxygens (including phenoxy) is 1. The molecule has 0 rings (SSSR count). The zero-order valence-corrected chi connectivity index (χ0v) is 15.9. The third kappa shape index (κ3) is 8.83. The van der Waals surface area contributed by atoms with Crippen molar-refractivity contribution in [3.05, 3.63) is 0 Å². The summed E-state index contributed by atoms with van der Waals surface area (Å²) in [6.07, 6.45) is 1.27. The van der Waals surface area contributed by atoms with E-state index in [2.05, 4.69) is 15.4 Å². The molecule has 146 valence electrons. The number of carbonyl (C=O) groups excluding carboxylic acids is 3. The number of amides is 2. The Morgan fingerprint density at radius 3 is 2.20 bits per heavy atom.